The van der Waals surface area contributed by atoms with Gasteiger partial charge in [-0.3, -0.25) is 4.79 Å². The van der Waals surface area contributed by atoms with Gasteiger partial charge in [0.25, 0.3) is 0 Å². The average Bonchev–Trinajstić information content (AvgIpc) is 0.782. The van der Waals surface area contributed by atoms with E-state index in [4.69, 9.17) is 28.4 Å². The molecule has 0 aromatic heterocycles. The normalized spacial score (nSPS) is 25.5. The van der Waals surface area contributed by atoms with Gasteiger partial charge in [0.05, 0.1) is 38.6 Å². The third-order valence-electron chi connectivity index (χ3n) is 22.2. The molecule has 19 nitrogen and oxygen atoms in total. The molecule has 0 aromatic carbocycles. The summed E-state index contributed by atoms with van der Waals surface area (Å²) in [5.74, 6) is -0.279. The van der Waals surface area contributed by atoms with E-state index in [2.05, 4.69) is 79.9 Å². The van der Waals surface area contributed by atoms with E-state index in [1.54, 1.807) is 6.08 Å². The van der Waals surface area contributed by atoms with Crippen molar-refractivity contribution in [2.24, 2.45) is 0 Å². The Hall–Kier alpha value is -2.77. The molecule has 17 atom stereocenters. The molecule has 3 fully saturated rings. The molecular formula is C91H165NO18. The van der Waals surface area contributed by atoms with Crippen LogP contribution in [0.25, 0.3) is 0 Å². The van der Waals surface area contributed by atoms with Crippen LogP contribution in [0.4, 0.5) is 0 Å². The van der Waals surface area contributed by atoms with Crippen molar-refractivity contribution in [2.45, 2.75) is 471 Å². The van der Waals surface area contributed by atoms with Crippen molar-refractivity contribution in [1.82, 2.24) is 5.32 Å². The number of aliphatic hydroxyl groups is 11. The fraction of sp³-hybridized carbons (Fsp3) is 0.857. The van der Waals surface area contributed by atoms with E-state index in [9.17, 15) is 61.0 Å². The maximum Gasteiger partial charge on any atom is 0.220 e. The number of amides is 1. The van der Waals surface area contributed by atoms with Crippen molar-refractivity contribution >= 4 is 5.91 Å². The molecule has 0 aliphatic carbocycles. The van der Waals surface area contributed by atoms with Gasteiger partial charge in [-0.1, -0.05) is 363 Å². The highest BCUT2D eigenvalue weighted by atomic mass is 16.8. The van der Waals surface area contributed by atoms with Crippen LogP contribution in [0.1, 0.15) is 367 Å². The molecule has 3 rings (SSSR count). The predicted octanol–water partition coefficient (Wildman–Crippen LogP) is 17.1. The summed E-state index contributed by atoms with van der Waals surface area (Å²) in [4.78, 5) is 13.5. The summed E-state index contributed by atoms with van der Waals surface area (Å²) in [5, 5.41) is 121. The molecule has 3 saturated heterocycles. The van der Waals surface area contributed by atoms with Gasteiger partial charge in [0, 0.05) is 6.42 Å². The zero-order chi connectivity index (χ0) is 79.5. The fourth-order valence-electron chi connectivity index (χ4n) is 15.1. The third-order valence-corrected chi connectivity index (χ3v) is 22.2. The Morgan fingerprint density at radius 3 is 1.02 bits per heavy atom. The largest absolute Gasteiger partial charge is 0.394 e. The van der Waals surface area contributed by atoms with Gasteiger partial charge in [0.15, 0.2) is 18.9 Å². The van der Waals surface area contributed by atoms with Crippen LogP contribution in [0.15, 0.2) is 72.9 Å². The minimum atomic E-state index is -1.98. The number of hydrogen-bond acceptors (Lipinski definition) is 18. The maximum atomic E-state index is 13.5. The van der Waals surface area contributed by atoms with Gasteiger partial charge in [-0.05, 0) is 70.6 Å². The molecule has 110 heavy (non-hydrogen) atoms. The van der Waals surface area contributed by atoms with E-state index in [1.807, 2.05) is 6.08 Å². The number of unbranched alkanes of at least 4 members (excludes halogenated alkanes) is 47. The molecular weight excluding hydrogens is 1390 g/mol. The molecule has 12 N–H and O–H groups in total. The highest BCUT2D eigenvalue weighted by Crippen LogP contribution is 2.34. The Balaban J connectivity index is 1.30. The molecule has 0 radical (unpaired) electrons. The molecule has 642 valence electrons. The molecule has 0 bridgehead atoms. The Bertz CT molecular complexity index is 2270. The van der Waals surface area contributed by atoms with Gasteiger partial charge < -0.3 is 89.9 Å². The van der Waals surface area contributed by atoms with E-state index < -0.39 is 124 Å². The van der Waals surface area contributed by atoms with Crippen LogP contribution in [0.2, 0.25) is 0 Å². The third kappa shape index (κ3) is 48.7. The summed E-state index contributed by atoms with van der Waals surface area (Å²) >= 11 is 0. The zero-order valence-corrected chi connectivity index (χ0v) is 69.2. The van der Waals surface area contributed by atoms with Crippen molar-refractivity contribution in [3.8, 4) is 0 Å². The second-order valence-electron chi connectivity index (χ2n) is 32.0. The van der Waals surface area contributed by atoms with Crippen LogP contribution in [-0.4, -0.2) is 193 Å². The monoisotopic (exact) mass is 1560 g/mol. The first-order chi connectivity index (χ1) is 53.8. The Labute approximate surface area is 668 Å². The fourth-order valence-corrected chi connectivity index (χ4v) is 15.1. The van der Waals surface area contributed by atoms with E-state index >= 15 is 0 Å². The number of hydrogen-bond donors (Lipinski definition) is 12. The summed E-state index contributed by atoms with van der Waals surface area (Å²) in [6.07, 6.45) is 67.9. The van der Waals surface area contributed by atoms with Gasteiger partial charge >= 0.3 is 0 Å². The lowest BCUT2D eigenvalue weighted by Gasteiger charge is -2.48. The second-order valence-corrected chi connectivity index (χ2v) is 32.0. The molecule has 0 saturated carbocycles. The Kier molecular flexibility index (Phi) is 64.9. The average molecular weight is 1560 g/mol. The summed E-state index contributed by atoms with van der Waals surface area (Å²) in [6.45, 7) is 1.66. The minimum Gasteiger partial charge on any atom is -0.394 e. The van der Waals surface area contributed by atoms with Crippen LogP contribution in [0.3, 0.4) is 0 Å². The number of ether oxygens (including phenoxy) is 6. The van der Waals surface area contributed by atoms with E-state index in [0.29, 0.717) is 12.8 Å². The number of allylic oxidation sites excluding steroid dienone is 11. The lowest BCUT2D eigenvalue weighted by Crippen LogP contribution is -2.66. The maximum absolute atomic E-state index is 13.5. The van der Waals surface area contributed by atoms with Gasteiger partial charge in [-0.25, -0.2) is 0 Å². The first kappa shape index (κ1) is 101. The van der Waals surface area contributed by atoms with Crippen LogP contribution < -0.4 is 5.32 Å². The summed E-state index contributed by atoms with van der Waals surface area (Å²) < 4.78 is 34.5. The topological polar surface area (TPSA) is 307 Å². The highest BCUT2D eigenvalue weighted by Gasteiger charge is 2.54. The van der Waals surface area contributed by atoms with Crippen molar-refractivity contribution in [3.63, 3.8) is 0 Å². The molecule has 3 aliphatic rings. The smallest absolute Gasteiger partial charge is 0.220 e. The molecule has 1 amide bonds. The van der Waals surface area contributed by atoms with Gasteiger partial charge in [0.2, 0.25) is 5.91 Å². The molecule has 3 aliphatic heterocycles. The van der Waals surface area contributed by atoms with Gasteiger partial charge in [-0.15, -0.1) is 0 Å². The predicted molar refractivity (Wildman–Crippen MR) is 443 cm³/mol. The SMILES string of the molecule is CC/C=C\C/C=C\C/C=C\C/C=C\CCCCCCCCCCCCCCCCCCCCCCCCCCCCCCC(=O)NC(COC1OC(CO)C(OC2OC(CO)C(OC3OC(CO)C(O)C(O)C3O)C(O)C2O)C(O)C1O)C(O)/C=C/CC/C=C/CCCCCCCCCCCCCCCCCCCC. The molecule has 17 unspecified atom stereocenters. The van der Waals surface area contributed by atoms with Crippen LogP contribution in [-0.2, 0) is 33.2 Å². The molecule has 3 heterocycles. The minimum absolute atomic E-state index is 0.238. The van der Waals surface area contributed by atoms with Crippen LogP contribution >= 0.6 is 0 Å². The number of carbonyl (C=O) groups excluding carboxylic acids is 1. The van der Waals surface area contributed by atoms with Gasteiger partial charge in [-0.2, -0.15) is 0 Å². The molecule has 0 aromatic rings. The number of nitrogens with one attached hydrogen (secondary N) is 1. The number of aliphatic hydroxyl groups excluding tert-OH is 11. The lowest BCUT2D eigenvalue weighted by atomic mass is 9.96. The lowest BCUT2D eigenvalue weighted by molar-refractivity contribution is -0.379. The van der Waals surface area contributed by atoms with Crippen LogP contribution in [0, 0.1) is 0 Å². The van der Waals surface area contributed by atoms with Crippen LogP contribution in [0.5, 0.6) is 0 Å². The summed E-state index contributed by atoms with van der Waals surface area (Å²) in [6, 6.07) is -0.992. The first-order valence-corrected chi connectivity index (χ1v) is 45.2. The standard InChI is InChI=1S/C91H165NO18/c1-3-5-7-9-11-13-15-17-19-21-23-25-27-29-30-31-32-33-34-35-36-37-38-39-40-41-42-43-44-45-47-49-51-53-55-57-59-61-63-65-67-69-79(97)92-74(75(96)68-66-64-62-60-58-56-54-52-50-48-46-28-26-24-22-20-18-16-14-12-10-8-6-4-2)73-105-89-85(103)82(100)87(77(71-94)107-89)110-91-86(104)83(101)88(78(72-95)108-91)109-90-84(102)81(99)80(98)76(70-93)106-90/h5,7,11,13,17,19,23,25,58,60,66,68,74-78,80-91,93-96,98-104H,3-4,6,8-10,12,14-16,18,20-22,24,26-57,59,61-65,67,69-73H2,1-2H3,(H,92,97)/b7-5-,13-11-,19-17-,25-23-,60-58+,68-66+. The van der Waals surface area contributed by atoms with Crippen molar-refractivity contribution in [1.29, 1.82) is 0 Å². The number of carbonyl (C=O) groups is 1. The molecule has 0 spiro atoms. The quantitative estimate of drug-likeness (QED) is 0.0199. The second kappa shape index (κ2) is 70.4. The summed E-state index contributed by atoms with van der Waals surface area (Å²) in [7, 11) is 0. The van der Waals surface area contributed by atoms with Crippen molar-refractivity contribution in [3.05, 3.63) is 72.9 Å². The first-order valence-electron chi connectivity index (χ1n) is 45.2. The zero-order valence-electron chi connectivity index (χ0n) is 69.2. The number of rotatable bonds is 73. The van der Waals surface area contributed by atoms with E-state index in [-0.39, 0.29) is 18.9 Å². The molecule has 19 heteroatoms. The van der Waals surface area contributed by atoms with Crippen molar-refractivity contribution in [2.75, 3.05) is 26.4 Å². The highest BCUT2D eigenvalue weighted by molar-refractivity contribution is 5.76. The van der Waals surface area contributed by atoms with Crippen molar-refractivity contribution < 1.29 is 89.4 Å². The van der Waals surface area contributed by atoms with E-state index in [0.717, 1.165) is 64.2 Å². The Morgan fingerprint density at radius 1 is 0.336 bits per heavy atom. The van der Waals surface area contributed by atoms with E-state index in [1.165, 1.54) is 270 Å². The van der Waals surface area contributed by atoms with Gasteiger partial charge in [0.1, 0.15) is 73.2 Å². The summed E-state index contributed by atoms with van der Waals surface area (Å²) in [5.41, 5.74) is 0. The Morgan fingerprint density at radius 2 is 0.636 bits per heavy atom.